The second kappa shape index (κ2) is 7.59. The van der Waals surface area contributed by atoms with Crippen molar-refractivity contribution in [3.63, 3.8) is 0 Å². The molecule has 0 fully saturated rings. The molecule has 0 aromatic heterocycles. The van der Waals surface area contributed by atoms with E-state index in [1.54, 1.807) is 19.1 Å². The Morgan fingerprint density at radius 2 is 1.84 bits per heavy atom. The third-order valence-electron chi connectivity index (χ3n) is 2.79. The molecule has 108 valence electrons. The maximum atomic E-state index is 12.4. The summed E-state index contributed by atoms with van der Waals surface area (Å²) in [5, 5.41) is 8.95. The Balaban J connectivity index is 2.86. The quantitative estimate of drug-likeness (QED) is 0.730. The monoisotopic (exact) mass is 287 g/mol. The van der Waals surface area contributed by atoms with Gasteiger partial charge in [-0.15, -0.1) is 0 Å². The third kappa shape index (κ3) is 4.28. The van der Waals surface area contributed by atoms with Crippen molar-refractivity contribution in [2.24, 2.45) is 0 Å². The maximum absolute atomic E-state index is 12.4. The van der Waals surface area contributed by atoms with Gasteiger partial charge in [0.05, 0.1) is 18.1 Å². The molecule has 0 amide bonds. The molecule has 0 aliphatic rings. The molecule has 5 nitrogen and oxygen atoms in total. The third-order valence-corrected chi connectivity index (χ3v) is 4.77. The Morgan fingerprint density at radius 3 is 2.32 bits per heavy atom. The number of nitrogens with zero attached hydrogens (tertiary/aromatic N) is 1. The van der Waals surface area contributed by atoms with Gasteiger partial charge in [0, 0.05) is 19.7 Å². The normalized spacial score (nSPS) is 12.0. The molecule has 0 atom stereocenters. The van der Waals surface area contributed by atoms with Crippen LogP contribution in [0.1, 0.15) is 19.4 Å². The lowest BCUT2D eigenvalue weighted by Crippen LogP contribution is -2.33. The second-order valence-corrected chi connectivity index (χ2v) is 5.93. The predicted molar refractivity (Wildman–Crippen MR) is 73.3 cm³/mol. The van der Waals surface area contributed by atoms with E-state index in [0.717, 1.165) is 0 Å². The number of benzene rings is 1. The van der Waals surface area contributed by atoms with Gasteiger partial charge in [-0.1, -0.05) is 19.1 Å². The Bertz CT molecular complexity index is 470. The highest BCUT2D eigenvalue weighted by atomic mass is 32.2. The summed E-state index contributed by atoms with van der Waals surface area (Å²) in [5.74, 6) is 0. The van der Waals surface area contributed by atoms with Crippen LogP contribution in [0.15, 0.2) is 29.2 Å². The van der Waals surface area contributed by atoms with E-state index in [1.807, 2.05) is 6.92 Å². The zero-order valence-corrected chi connectivity index (χ0v) is 12.2. The smallest absolute Gasteiger partial charge is 0.243 e. The van der Waals surface area contributed by atoms with Crippen molar-refractivity contribution in [1.29, 1.82) is 0 Å². The van der Waals surface area contributed by atoms with Crippen molar-refractivity contribution < 1.29 is 18.3 Å². The van der Waals surface area contributed by atoms with Gasteiger partial charge < -0.3 is 9.84 Å². The van der Waals surface area contributed by atoms with Crippen LogP contribution >= 0.6 is 0 Å². The summed E-state index contributed by atoms with van der Waals surface area (Å²) in [5.41, 5.74) is 0.691. The summed E-state index contributed by atoms with van der Waals surface area (Å²) in [6.07, 6.45) is 0. The van der Waals surface area contributed by atoms with Crippen LogP contribution in [0.3, 0.4) is 0 Å². The van der Waals surface area contributed by atoms with Crippen LogP contribution in [-0.4, -0.2) is 44.1 Å². The first-order valence-corrected chi connectivity index (χ1v) is 7.78. The van der Waals surface area contributed by atoms with Gasteiger partial charge >= 0.3 is 0 Å². The summed E-state index contributed by atoms with van der Waals surface area (Å²) in [6.45, 7) is 5.28. The topological polar surface area (TPSA) is 66.8 Å². The summed E-state index contributed by atoms with van der Waals surface area (Å²) < 4.78 is 31.3. The molecule has 0 aliphatic carbocycles. The second-order valence-electron chi connectivity index (χ2n) is 4.00. The Hall–Kier alpha value is -0.950. The number of sulfonamides is 1. The van der Waals surface area contributed by atoms with E-state index < -0.39 is 10.0 Å². The Kier molecular flexibility index (Phi) is 6.44. The zero-order chi connectivity index (χ0) is 14.3. The van der Waals surface area contributed by atoms with Crippen molar-refractivity contribution in [3.8, 4) is 0 Å². The van der Waals surface area contributed by atoms with Crippen LogP contribution in [0, 0.1) is 0 Å². The van der Waals surface area contributed by atoms with E-state index in [4.69, 9.17) is 9.84 Å². The highest BCUT2D eigenvalue weighted by molar-refractivity contribution is 7.89. The lowest BCUT2D eigenvalue weighted by Gasteiger charge is -2.20. The minimum absolute atomic E-state index is 0.0951. The number of hydrogen-bond donors (Lipinski definition) is 1. The highest BCUT2D eigenvalue weighted by Gasteiger charge is 2.22. The number of likely N-dealkylation sites (N-methyl/N-ethyl adjacent to an activating group) is 1. The number of rotatable bonds is 8. The number of hydrogen-bond acceptors (Lipinski definition) is 4. The van der Waals surface area contributed by atoms with Gasteiger partial charge in [-0.2, -0.15) is 4.31 Å². The molecule has 0 unspecified atom stereocenters. The van der Waals surface area contributed by atoms with Crippen LogP contribution in [0.5, 0.6) is 0 Å². The molecule has 0 saturated heterocycles. The molecule has 0 aliphatic heterocycles. The number of aliphatic hydroxyl groups is 1. The van der Waals surface area contributed by atoms with Crippen molar-refractivity contribution in [2.75, 3.05) is 26.3 Å². The molecule has 0 radical (unpaired) electrons. The van der Waals surface area contributed by atoms with Gasteiger partial charge in [0.1, 0.15) is 0 Å². The fraction of sp³-hybridized carbons (Fsp3) is 0.538. The van der Waals surface area contributed by atoms with Crippen molar-refractivity contribution in [2.45, 2.75) is 25.3 Å². The van der Waals surface area contributed by atoms with E-state index in [2.05, 4.69) is 0 Å². The van der Waals surface area contributed by atoms with Crippen LogP contribution in [-0.2, 0) is 21.4 Å². The van der Waals surface area contributed by atoms with E-state index in [9.17, 15) is 8.42 Å². The van der Waals surface area contributed by atoms with E-state index in [1.165, 1.54) is 16.4 Å². The average Bonchev–Trinajstić information content (AvgIpc) is 2.43. The summed E-state index contributed by atoms with van der Waals surface area (Å²) in [4.78, 5) is 0.239. The van der Waals surface area contributed by atoms with Crippen molar-refractivity contribution >= 4 is 10.0 Å². The van der Waals surface area contributed by atoms with Gasteiger partial charge in [-0.3, -0.25) is 0 Å². The van der Waals surface area contributed by atoms with Crippen LogP contribution in [0.25, 0.3) is 0 Å². The Morgan fingerprint density at radius 1 is 1.21 bits per heavy atom. The summed E-state index contributed by atoms with van der Waals surface area (Å²) in [6, 6.07) is 6.26. The fourth-order valence-corrected chi connectivity index (χ4v) is 3.11. The van der Waals surface area contributed by atoms with E-state index >= 15 is 0 Å². The summed E-state index contributed by atoms with van der Waals surface area (Å²) >= 11 is 0. The molecular formula is C13H21NO4S. The predicted octanol–water partition coefficient (Wildman–Crippen LogP) is 1.23. The molecule has 1 N–H and O–H groups in total. The molecule has 19 heavy (non-hydrogen) atoms. The molecule has 0 saturated carbocycles. The molecule has 1 rings (SSSR count). The van der Waals surface area contributed by atoms with E-state index in [0.29, 0.717) is 31.9 Å². The van der Waals surface area contributed by atoms with Gasteiger partial charge in [0.15, 0.2) is 0 Å². The lowest BCUT2D eigenvalue weighted by atomic mass is 10.2. The number of ether oxygens (including phenoxy) is 1. The standard InChI is InChI=1S/C13H21NO4S/c1-3-14(9-10-18-4-2)19(16,17)13-7-5-12(11-15)6-8-13/h5-8,15H,3-4,9-11H2,1-2H3. The average molecular weight is 287 g/mol. The Labute approximate surface area is 114 Å². The largest absolute Gasteiger partial charge is 0.392 e. The van der Waals surface area contributed by atoms with Crippen molar-refractivity contribution in [3.05, 3.63) is 29.8 Å². The summed E-state index contributed by atoms with van der Waals surface area (Å²) in [7, 11) is -3.48. The van der Waals surface area contributed by atoms with Gasteiger partial charge in [0.25, 0.3) is 0 Å². The molecule has 0 spiro atoms. The molecule has 0 bridgehead atoms. The first kappa shape index (κ1) is 16.1. The molecule has 0 heterocycles. The lowest BCUT2D eigenvalue weighted by molar-refractivity contribution is 0.135. The SMILES string of the molecule is CCOCCN(CC)S(=O)(=O)c1ccc(CO)cc1. The van der Waals surface area contributed by atoms with Crippen LogP contribution in [0.2, 0.25) is 0 Å². The first-order chi connectivity index (χ1) is 9.06. The molecule has 1 aromatic carbocycles. The van der Waals surface area contributed by atoms with Gasteiger partial charge in [-0.05, 0) is 24.6 Å². The van der Waals surface area contributed by atoms with Gasteiger partial charge in [0.2, 0.25) is 10.0 Å². The first-order valence-electron chi connectivity index (χ1n) is 6.34. The fourth-order valence-electron chi connectivity index (χ4n) is 1.67. The van der Waals surface area contributed by atoms with Gasteiger partial charge in [-0.25, -0.2) is 8.42 Å². The van der Waals surface area contributed by atoms with E-state index in [-0.39, 0.29) is 11.5 Å². The minimum atomic E-state index is -3.48. The highest BCUT2D eigenvalue weighted by Crippen LogP contribution is 2.16. The number of aliphatic hydroxyl groups excluding tert-OH is 1. The van der Waals surface area contributed by atoms with Crippen LogP contribution in [0.4, 0.5) is 0 Å². The van der Waals surface area contributed by atoms with Crippen LogP contribution < -0.4 is 0 Å². The van der Waals surface area contributed by atoms with Crippen molar-refractivity contribution in [1.82, 2.24) is 4.31 Å². The zero-order valence-electron chi connectivity index (χ0n) is 11.4. The molecular weight excluding hydrogens is 266 g/mol. The maximum Gasteiger partial charge on any atom is 0.243 e. The minimum Gasteiger partial charge on any atom is -0.392 e. The molecule has 1 aromatic rings. The molecule has 6 heteroatoms.